The van der Waals surface area contributed by atoms with Crippen LogP contribution in [0.15, 0.2) is 24.3 Å². The number of amides is 2. The van der Waals surface area contributed by atoms with Crippen LogP contribution in [-0.4, -0.2) is 37.5 Å². The zero-order valence-electron chi connectivity index (χ0n) is 13.4. The Balaban J connectivity index is 2.85. The summed E-state index contributed by atoms with van der Waals surface area (Å²) in [7, 11) is 1.30. The molecule has 0 aromatic heterocycles. The fourth-order valence-electron chi connectivity index (χ4n) is 1.85. The van der Waals surface area contributed by atoms with E-state index in [1.54, 1.807) is 24.3 Å². The van der Waals surface area contributed by atoms with E-state index in [4.69, 9.17) is 0 Å². The van der Waals surface area contributed by atoms with Crippen molar-refractivity contribution < 1.29 is 19.1 Å². The summed E-state index contributed by atoms with van der Waals surface area (Å²) >= 11 is 0. The van der Waals surface area contributed by atoms with Crippen LogP contribution in [0.4, 0.5) is 5.69 Å². The summed E-state index contributed by atoms with van der Waals surface area (Å²) in [5, 5.41) is 2.82. The van der Waals surface area contributed by atoms with Crippen LogP contribution in [0.1, 0.15) is 37.6 Å². The number of benzene rings is 1. The molecule has 0 heterocycles. The Kier molecular flexibility index (Phi) is 6.56. The molecular formula is C16H22N2O4. The maximum atomic E-state index is 11.9. The first-order valence-electron chi connectivity index (χ1n) is 7.14. The molecule has 0 radical (unpaired) electrons. The van der Waals surface area contributed by atoms with Crippen molar-refractivity contribution in [2.75, 3.05) is 18.6 Å². The van der Waals surface area contributed by atoms with Crippen molar-refractivity contribution in [1.82, 2.24) is 5.32 Å². The number of rotatable bonds is 6. The van der Waals surface area contributed by atoms with Crippen LogP contribution in [0.3, 0.4) is 0 Å². The maximum absolute atomic E-state index is 11.9. The summed E-state index contributed by atoms with van der Waals surface area (Å²) in [4.78, 5) is 36.5. The first-order valence-corrected chi connectivity index (χ1v) is 7.14. The molecule has 1 aromatic carbocycles. The molecule has 0 fully saturated rings. The summed E-state index contributed by atoms with van der Waals surface area (Å²) in [6, 6.07) is 6.41. The van der Waals surface area contributed by atoms with E-state index in [-0.39, 0.29) is 24.4 Å². The lowest BCUT2D eigenvalue weighted by molar-refractivity contribution is -0.123. The van der Waals surface area contributed by atoms with Crippen LogP contribution >= 0.6 is 0 Å². The van der Waals surface area contributed by atoms with Crippen molar-refractivity contribution in [3.8, 4) is 0 Å². The number of carbonyl (C=O) groups excluding carboxylic acids is 3. The van der Waals surface area contributed by atoms with Crippen LogP contribution in [0.5, 0.6) is 0 Å². The van der Waals surface area contributed by atoms with Gasteiger partial charge in [0, 0.05) is 18.7 Å². The van der Waals surface area contributed by atoms with Crippen molar-refractivity contribution in [1.29, 1.82) is 0 Å². The maximum Gasteiger partial charge on any atom is 0.337 e. The normalized spacial score (nSPS) is 11.5. The monoisotopic (exact) mass is 306 g/mol. The third-order valence-corrected chi connectivity index (χ3v) is 3.30. The zero-order chi connectivity index (χ0) is 16.7. The molecule has 1 unspecified atom stereocenters. The Hall–Kier alpha value is -2.37. The van der Waals surface area contributed by atoms with E-state index >= 15 is 0 Å². The van der Waals surface area contributed by atoms with E-state index in [9.17, 15) is 14.4 Å². The molecule has 1 N–H and O–H groups in total. The molecule has 0 aliphatic heterocycles. The second-order valence-corrected chi connectivity index (χ2v) is 5.02. The quantitative estimate of drug-likeness (QED) is 0.812. The van der Waals surface area contributed by atoms with Crippen molar-refractivity contribution in [3.05, 3.63) is 29.8 Å². The molecule has 1 rings (SSSR count). The van der Waals surface area contributed by atoms with Gasteiger partial charge < -0.3 is 15.0 Å². The van der Waals surface area contributed by atoms with Crippen molar-refractivity contribution in [3.63, 3.8) is 0 Å². The number of anilines is 1. The number of carbonyl (C=O) groups is 3. The lowest BCUT2D eigenvalue weighted by atomic mass is 10.2. The molecule has 0 bridgehead atoms. The van der Waals surface area contributed by atoms with Gasteiger partial charge >= 0.3 is 5.97 Å². The Morgan fingerprint density at radius 3 is 2.27 bits per heavy atom. The van der Waals surface area contributed by atoms with E-state index in [0.29, 0.717) is 11.3 Å². The van der Waals surface area contributed by atoms with Gasteiger partial charge in [0.25, 0.3) is 0 Å². The number of ether oxygens (including phenoxy) is 1. The first-order chi connectivity index (χ1) is 10.4. The number of hydrogen-bond acceptors (Lipinski definition) is 4. The standard InChI is InChI=1S/C16H22N2O4/c1-5-11(2)17-15(20)10-18(12(3)19)14-8-6-13(7-9-14)16(21)22-4/h6-9,11H,5,10H2,1-4H3,(H,17,20). The average Bonchev–Trinajstić information content (AvgIpc) is 2.51. The summed E-state index contributed by atoms with van der Waals surface area (Å²) in [5.41, 5.74) is 0.943. The van der Waals surface area contributed by atoms with E-state index in [2.05, 4.69) is 10.1 Å². The lowest BCUT2D eigenvalue weighted by Gasteiger charge is -2.22. The minimum absolute atomic E-state index is 0.0583. The van der Waals surface area contributed by atoms with Crippen LogP contribution in [0, 0.1) is 0 Å². The Morgan fingerprint density at radius 2 is 1.82 bits per heavy atom. The number of hydrogen-bond donors (Lipinski definition) is 1. The molecule has 120 valence electrons. The van der Waals surface area contributed by atoms with Crippen LogP contribution in [0.2, 0.25) is 0 Å². The van der Waals surface area contributed by atoms with Gasteiger partial charge in [0.05, 0.1) is 12.7 Å². The molecule has 0 saturated carbocycles. The van der Waals surface area contributed by atoms with Gasteiger partial charge in [-0.25, -0.2) is 4.79 Å². The Labute approximate surface area is 130 Å². The smallest absolute Gasteiger partial charge is 0.337 e. The first kappa shape index (κ1) is 17.7. The van der Waals surface area contributed by atoms with Crippen molar-refractivity contribution in [2.24, 2.45) is 0 Å². The number of nitrogens with one attached hydrogen (secondary N) is 1. The van der Waals surface area contributed by atoms with Gasteiger partial charge in [-0.1, -0.05) is 6.92 Å². The highest BCUT2D eigenvalue weighted by Gasteiger charge is 2.17. The van der Waals surface area contributed by atoms with Gasteiger partial charge in [-0.2, -0.15) is 0 Å². The summed E-state index contributed by atoms with van der Waals surface area (Å²) < 4.78 is 4.62. The molecular weight excluding hydrogens is 284 g/mol. The summed E-state index contributed by atoms with van der Waals surface area (Å²) in [6.45, 7) is 5.21. The summed E-state index contributed by atoms with van der Waals surface area (Å²) in [5.74, 6) is -0.915. The molecule has 1 atom stereocenters. The van der Waals surface area contributed by atoms with Crippen LogP contribution in [-0.2, 0) is 14.3 Å². The number of esters is 1. The van der Waals surface area contributed by atoms with E-state index in [1.807, 2.05) is 13.8 Å². The molecule has 6 heteroatoms. The van der Waals surface area contributed by atoms with Gasteiger partial charge in [-0.05, 0) is 37.6 Å². The van der Waals surface area contributed by atoms with E-state index in [1.165, 1.54) is 18.9 Å². The highest BCUT2D eigenvalue weighted by Crippen LogP contribution is 2.16. The second-order valence-electron chi connectivity index (χ2n) is 5.02. The van der Waals surface area contributed by atoms with Crippen molar-refractivity contribution in [2.45, 2.75) is 33.2 Å². The van der Waals surface area contributed by atoms with Gasteiger partial charge in [0.1, 0.15) is 6.54 Å². The third kappa shape index (κ3) is 4.87. The Morgan fingerprint density at radius 1 is 1.23 bits per heavy atom. The SMILES string of the molecule is CCC(C)NC(=O)CN(C(C)=O)c1ccc(C(=O)OC)cc1. The average molecular weight is 306 g/mol. The van der Waals surface area contributed by atoms with Crippen LogP contribution in [0.25, 0.3) is 0 Å². The molecule has 2 amide bonds. The molecule has 6 nitrogen and oxygen atoms in total. The molecule has 22 heavy (non-hydrogen) atoms. The fourth-order valence-corrected chi connectivity index (χ4v) is 1.85. The van der Waals surface area contributed by atoms with Gasteiger partial charge in [-0.15, -0.1) is 0 Å². The zero-order valence-corrected chi connectivity index (χ0v) is 13.4. The minimum atomic E-state index is -0.449. The third-order valence-electron chi connectivity index (χ3n) is 3.30. The molecule has 0 aliphatic carbocycles. The summed E-state index contributed by atoms with van der Waals surface area (Å²) in [6.07, 6.45) is 0.819. The molecule has 1 aromatic rings. The van der Waals surface area contributed by atoms with E-state index in [0.717, 1.165) is 6.42 Å². The highest BCUT2D eigenvalue weighted by atomic mass is 16.5. The lowest BCUT2D eigenvalue weighted by Crippen LogP contribution is -2.42. The largest absolute Gasteiger partial charge is 0.465 e. The number of nitrogens with zero attached hydrogens (tertiary/aromatic N) is 1. The molecule has 0 aliphatic rings. The Bertz CT molecular complexity index is 540. The van der Waals surface area contributed by atoms with Gasteiger partial charge in [-0.3, -0.25) is 9.59 Å². The topological polar surface area (TPSA) is 75.7 Å². The van der Waals surface area contributed by atoms with E-state index < -0.39 is 5.97 Å². The van der Waals surface area contributed by atoms with Crippen molar-refractivity contribution >= 4 is 23.5 Å². The molecule has 0 spiro atoms. The second kappa shape index (κ2) is 8.17. The predicted octanol–water partition coefficient (Wildman–Crippen LogP) is 1.74. The predicted molar refractivity (Wildman–Crippen MR) is 83.7 cm³/mol. The van der Waals surface area contributed by atoms with Gasteiger partial charge in [0.2, 0.25) is 11.8 Å². The fraction of sp³-hybridized carbons (Fsp3) is 0.438. The number of methoxy groups -OCH3 is 1. The van der Waals surface area contributed by atoms with Gasteiger partial charge in [0.15, 0.2) is 0 Å². The minimum Gasteiger partial charge on any atom is -0.465 e. The highest BCUT2D eigenvalue weighted by molar-refractivity contribution is 5.98. The van der Waals surface area contributed by atoms with Crippen LogP contribution < -0.4 is 10.2 Å². The molecule has 0 saturated heterocycles.